The van der Waals surface area contributed by atoms with E-state index in [9.17, 15) is 14.3 Å². The van der Waals surface area contributed by atoms with E-state index < -0.39 is 23.3 Å². The van der Waals surface area contributed by atoms with Crippen LogP contribution in [-0.2, 0) is 15.1 Å². The van der Waals surface area contributed by atoms with Crippen LogP contribution in [0.25, 0.3) is 0 Å². The van der Waals surface area contributed by atoms with Crippen LogP contribution in [0.2, 0.25) is 0 Å². The summed E-state index contributed by atoms with van der Waals surface area (Å²) in [6.07, 6.45) is 0.353. The molecule has 0 aliphatic heterocycles. The van der Waals surface area contributed by atoms with Gasteiger partial charge in [-0.1, -0.05) is 22.9 Å². The zero-order chi connectivity index (χ0) is 13.9. The molecule has 2 unspecified atom stereocenters. The number of methoxy groups -OCH3 is 1. The van der Waals surface area contributed by atoms with Gasteiger partial charge in [-0.05, 0) is 31.5 Å². The molecule has 1 aromatic rings. The number of hydrogen-bond acceptors (Lipinski definition) is 3. The summed E-state index contributed by atoms with van der Waals surface area (Å²) in [5.74, 6) is -1.92. The molecule has 0 spiro atoms. The van der Waals surface area contributed by atoms with Crippen LogP contribution in [0.15, 0.2) is 22.7 Å². The van der Waals surface area contributed by atoms with Gasteiger partial charge in [0, 0.05) is 10.0 Å². The Morgan fingerprint density at radius 1 is 1.61 bits per heavy atom. The Morgan fingerprint density at radius 2 is 2.22 bits per heavy atom. The lowest BCUT2D eigenvalue weighted by molar-refractivity contribution is -0.156. The fraction of sp³-hybridized carbons (Fsp3) is 0.462. The molecular weight excluding hydrogens is 303 g/mol. The molecule has 1 aromatic carbocycles. The first-order valence-corrected chi connectivity index (χ1v) is 6.39. The molecule has 18 heavy (non-hydrogen) atoms. The molecule has 0 fully saturated rings. The van der Waals surface area contributed by atoms with E-state index in [0.717, 1.165) is 0 Å². The number of rotatable bonds is 4. The number of carbonyl (C=O) groups excluding carboxylic acids is 1. The van der Waals surface area contributed by atoms with Crippen molar-refractivity contribution in [2.75, 3.05) is 7.11 Å². The van der Waals surface area contributed by atoms with Gasteiger partial charge in [0.05, 0.1) is 13.0 Å². The van der Waals surface area contributed by atoms with Crippen LogP contribution in [0.5, 0.6) is 0 Å². The molecule has 0 saturated carbocycles. The van der Waals surface area contributed by atoms with Gasteiger partial charge in [-0.15, -0.1) is 0 Å². The van der Waals surface area contributed by atoms with Crippen LogP contribution in [0.3, 0.4) is 0 Å². The minimum absolute atomic E-state index is 0.0779. The number of aliphatic hydroxyl groups is 1. The highest BCUT2D eigenvalue weighted by Crippen LogP contribution is 2.35. The highest BCUT2D eigenvalue weighted by Gasteiger charge is 2.40. The quantitative estimate of drug-likeness (QED) is 0.868. The van der Waals surface area contributed by atoms with E-state index in [2.05, 4.69) is 20.7 Å². The summed E-state index contributed by atoms with van der Waals surface area (Å²) in [4.78, 5) is 11.6. The molecule has 2 atom stereocenters. The smallest absolute Gasteiger partial charge is 0.311 e. The summed E-state index contributed by atoms with van der Waals surface area (Å²) in [7, 11) is 1.25. The van der Waals surface area contributed by atoms with Crippen molar-refractivity contribution in [2.45, 2.75) is 25.9 Å². The van der Waals surface area contributed by atoms with Gasteiger partial charge in [0.1, 0.15) is 11.4 Å². The van der Waals surface area contributed by atoms with Crippen LogP contribution in [0, 0.1) is 11.7 Å². The molecule has 0 amide bonds. The second kappa shape index (κ2) is 5.80. The third-order valence-corrected chi connectivity index (χ3v) is 3.54. The number of hydrogen-bond donors (Lipinski definition) is 1. The zero-order valence-electron chi connectivity index (χ0n) is 10.5. The van der Waals surface area contributed by atoms with Crippen molar-refractivity contribution in [1.82, 2.24) is 0 Å². The number of halogens is 2. The Labute approximate surface area is 114 Å². The Bertz CT molecular complexity index is 446. The average Bonchev–Trinajstić information content (AvgIpc) is 2.32. The molecule has 0 saturated heterocycles. The Morgan fingerprint density at radius 3 is 2.72 bits per heavy atom. The minimum atomic E-state index is -1.62. The lowest BCUT2D eigenvalue weighted by Crippen LogP contribution is -2.38. The fourth-order valence-corrected chi connectivity index (χ4v) is 2.37. The second-order valence-corrected chi connectivity index (χ2v) is 5.17. The van der Waals surface area contributed by atoms with Crippen molar-refractivity contribution in [3.8, 4) is 0 Å². The number of carbonyl (C=O) groups is 1. The number of benzene rings is 1. The molecule has 1 rings (SSSR count). The van der Waals surface area contributed by atoms with Gasteiger partial charge in [-0.2, -0.15) is 0 Å². The van der Waals surface area contributed by atoms with Crippen molar-refractivity contribution in [1.29, 1.82) is 0 Å². The van der Waals surface area contributed by atoms with Gasteiger partial charge >= 0.3 is 5.97 Å². The van der Waals surface area contributed by atoms with Crippen molar-refractivity contribution >= 4 is 21.9 Å². The molecule has 0 radical (unpaired) electrons. The summed E-state index contributed by atoms with van der Waals surface area (Å²) in [6.45, 7) is 3.16. The highest BCUT2D eigenvalue weighted by molar-refractivity contribution is 9.10. The molecule has 0 aromatic heterocycles. The number of ether oxygens (including phenoxy) is 1. The SMILES string of the molecule is CCC(C(=O)OC)C(C)(O)c1cc(Br)ccc1F. The maximum absolute atomic E-state index is 13.8. The van der Waals surface area contributed by atoms with E-state index >= 15 is 0 Å². The Kier molecular flexibility index (Phi) is 4.87. The van der Waals surface area contributed by atoms with Crippen LogP contribution in [-0.4, -0.2) is 18.2 Å². The van der Waals surface area contributed by atoms with Crippen molar-refractivity contribution in [3.63, 3.8) is 0 Å². The first-order chi connectivity index (χ1) is 8.34. The van der Waals surface area contributed by atoms with Crippen LogP contribution in [0.1, 0.15) is 25.8 Å². The summed E-state index contributed by atoms with van der Waals surface area (Å²) < 4.78 is 19.1. The van der Waals surface area contributed by atoms with E-state index in [-0.39, 0.29) is 5.56 Å². The lowest BCUT2D eigenvalue weighted by Gasteiger charge is -2.31. The standard InChI is InChI=1S/C13H16BrFO3/c1-4-9(12(16)18-3)13(2,17)10-7-8(14)5-6-11(10)15/h5-7,9,17H,4H2,1-3H3. The molecule has 0 bridgehead atoms. The highest BCUT2D eigenvalue weighted by atomic mass is 79.9. The summed E-state index contributed by atoms with van der Waals surface area (Å²) in [5.41, 5.74) is -1.54. The summed E-state index contributed by atoms with van der Waals surface area (Å²) in [5, 5.41) is 10.5. The topological polar surface area (TPSA) is 46.5 Å². The van der Waals surface area contributed by atoms with E-state index in [1.165, 1.54) is 32.2 Å². The second-order valence-electron chi connectivity index (χ2n) is 4.26. The van der Waals surface area contributed by atoms with Crippen LogP contribution in [0.4, 0.5) is 4.39 Å². The third-order valence-electron chi connectivity index (χ3n) is 3.05. The molecule has 100 valence electrons. The lowest BCUT2D eigenvalue weighted by atomic mass is 9.81. The van der Waals surface area contributed by atoms with Crippen molar-refractivity contribution in [3.05, 3.63) is 34.1 Å². The zero-order valence-corrected chi connectivity index (χ0v) is 12.1. The molecule has 0 aliphatic rings. The predicted molar refractivity (Wildman–Crippen MR) is 69.5 cm³/mol. The van der Waals surface area contributed by atoms with Crippen molar-refractivity contribution in [2.24, 2.45) is 5.92 Å². The molecule has 3 nitrogen and oxygen atoms in total. The molecule has 0 aliphatic carbocycles. The maximum Gasteiger partial charge on any atom is 0.311 e. The largest absolute Gasteiger partial charge is 0.469 e. The summed E-state index contributed by atoms with van der Waals surface area (Å²) in [6, 6.07) is 4.26. The van der Waals surface area contributed by atoms with Crippen LogP contribution >= 0.6 is 15.9 Å². The first kappa shape index (κ1) is 15.1. The number of esters is 1. The minimum Gasteiger partial charge on any atom is -0.469 e. The molecule has 5 heteroatoms. The summed E-state index contributed by atoms with van der Waals surface area (Å²) >= 11 is 3.22. The van der Waals surface area contributed by atoms with Gasteiger partial charge in [0.2, 0.25) is 0 Å². The van der Waals surface area contributed by atoms with Gasteiger partial charge in [-0.3, -0.25) is 4.79 Å². The van der Waals surface area contributed by atoms with Gasteiger partial charge in [0.15, 0.2) is 0 Å². The average molecular weight is 319 g/mol. The molecule has 0 heterocycles. The van der Waals surface area contributed by atoms with E-state index in [4.69, 9.17) is 0 Å². The van der Waals surface area contributed by atoms with E-state index in [1.54, 1.807) is 6.92 Å². The Hall–Kier alpha value is -0.940. The van der Waals surface area contributed by atoms with E-state index in [1.807, 2.05) is 0 Å². The van der Waals surface area contributed by atoms with E-state index in [0.29, 0.717) is 10.9 Å². The first-order valence-electron chi connectivity index (χ1n) is 5.60. The van der Waals surface area contributed by atoms with Crippen molar-refractivity contribution < 1.29 is 19.0 Å². The Balaban J connectivity index is 3.25. The fourth-order valence-electron chi connectivity index (χ4n) is 2.01. The van der Waals surface area contributed by atoms with Gasteiger partial charge < -0.3 is 9.84 Å². The third kappa shape index (κ3) is 2.90. The molecular formula is C13H16BrFO3. The monoisotopic (exact) mass is 318 g/mol. The van der Waals surface area contributed by atoms with Gasteiger partial charge in [0.25, 0.3) is 0 Å². The van der Waals surface area contributed by atoms with Gasteiger partial charge in [-0.25, -0.2) is 4.39 Å². The van der Waals surface area contributed by atoms with Crippen LogP contribution < -0.4 is 0 Å². The molecule has 1 N–H and O–H groups in total. The maximum atomic E-state index is 13.8. The normalized spacial score (nSPS) is 15.9. The predicted octanol–water partition coefficient (Wildman–Crippen LogP) is 2.99.